The van der Waals surface area contributed by atoms with Gasteiger partial charge in [-0.1, -0.05) is 60.7 Å². The van der Waals surface area contributed by atoms with Gasteiger partial charge in [0.1, 0.15) is 23.0 Å². The fourth-order valence-electron chi connectivity index (χ4n) is 5.14. The molecule has 2 unspecified atom stereocenters. The number of hydrogen-bond donors (Lipinski definition) is 0. The van der Waals surface area contributed by atoms with Crippen molar-refractivity contribution in [2.24, 2.45) is 11.8 Å². The van der Waals surface area contributed by atoms with Crippen molar-refractivity contribution in [1.82, 2.24) is 9.80 Å². The maximum Gasteiger partial charge on any atom is 0.417 e. The number of hydrogen-bond acceptors (Lipinski definition) is 8. The number of nitrogens with zero attached hydrogens (tertiary/aromatic N) is 2. The maximum absolute atomic E-state index is 12.9. The molecule has 0 heterocycles. The molecule has 48 heavy (non-hydrogen) atoms. The SMILES string of the molecule is CCN(Cc1ccc(Oc2ccccc2)cc1)C(=O)OC(=O)C1CCC1C(=O)OC(=O)N(CC)Cc1ccc(Oc2ccccc2)cc1. The number of para-hydroxylation sites is 2. The van der Waals surface area contributed by atoms with Crippen LogP contribution in [0.25, 0.3) is 0 Å². The number of benzene rings is 4. The van der Waals surface area contributed by atoms with Crippen molar-refractivity contribution in [2.45, 2.75) is 39.8 Å². The molecule has 1 fully saturated rings. The van der Waals surface area contributed by atoms with Gasteiger partial charge in [0.2, 0.25) is 0 Å². The smallest absolute Gasteiger partial charge is 0.417 e. The summed E-state index contributed by atoms with van der Waals surface area (Å²) < 4.78 is 22.0. The maximum atomic E-state index is 12.9. The van der Waals surface area contributed by atoms with E-state index < -0.39 is 36.0 Å². The molecule has 4 aromatic rings. The van der Waals surface area contributed by atoms with E-state index in [0.717, 1.165) is 11.1 Å². The second-order valence-corrected chi connectivity index (χ2v) is 11.3. The Bertz CT molecular complexity index is 1550. The second-order valence-electron chi connectivity index (χ2n) is 11.3. The van der Waals surface area contributed by atoms with Gasteiger partial charge in [0, 0.05) is 26.2 Å². The Kier molecular flexibility index (Phi) is 11.4. The summed E-state index contributed by atoms with van der Waals surface area (Å²) in [6, 6.07) is 33.3. The lowest BCUT2D eigenvalue weighted by Gasteiger charge is -2.33. The molecule has 0 spiro atoms. The van der Waals surface area contributed by atoms with Crippen LogP contribution in [-0.4, -0.2) is 47.0 Å². The summed E-state index contributed by atoms with van der Waals surface area (Å²) in [5.41, 5.74) is 1.64. The van der Waals surface area contributed by atoms with Gasteiger partial charge in [0.15, 0.2) is 0 Å². The van der Waals surface area contributed by atoms with Crippen molar-refractivity contribution in [3.8, 4) is 23.0 Å². The minimum Gasteiger partial charge on any atom is -0.457 e. The molecule has 1 aliphatic carbocycles. The molecule has 0 aromatic heterocycles. The zero-order chi connectivity index (χ0) is 33.9. The minimum absolute atomic E-state index is 0.217. The fourth-order valence-corrected chi connectivity index (χ4v) is 5.14. The lowest BCUT2D eigenvalue weighted by atomic mass is 9.74. The van der Waals surface area contributed by atoms with E-state index in [0.29, 0.717) is 48.9 Å². The van der Waals surface area contributed by atoms with Crippen LogP contribution in [0.3, 0.4) is 0 Å². The number of carbonyl (C=O) groups excluding carboxylic acids is 4. The Balaban J connectivity index is 1.08. The summed E-state index contributed by atoms with van der Waals surface area (Å²) in [5, 5.41) is 0. The highest BCUT2D eigenvalue weighted by Gasteiger charge is 2.45. The number of carbonyl (C=O) groups is 4. The van der Waals surface area contributed by atoms with Crippen LogP contribution in [0.4, 0.5) is 9.59 Å². The number of amides is 2. The first-order chi connectivity index (χ1) is 23.3. The van der Waals surface area contributed by atoms with Crippen molar-refractivity contribution in [2.75, 3.05) is 13.1 Å². The molecular weight excluding hydrogens is 612 g/mol. The van der Waals surface area contributed by atoms with Gasteiger partial charge < -0.3 is 28.7 Å². The highest BCUT2D eigenvalue weighted by molar-refractivity contribution is 5.93. The van der Waals surface area contributed by atoms with Gasteiger partial charge in [-0.3, -0.25) is 9.59 Å². The first-order valence-corrected chi connectivity index (χ1v) is 16.0. The van der Waals surface area contributed by atoms with E-state index in [9.17, 15) is 19.2 Å². The zero-order valence-electron chi connectivity index (χ0n) is 27.0. The Morgan fingerprint density at radius 1 is 0.521 bits per heavy atom. The Morgan fingerprint density at radius 2 is 0.854 bits per heavy atom. The lowest BCUT2D eigenvalue weighted by molar-refractivity contribution is -0.161. The van der Waals surface area contributed by atoms with Gasteiger partial charge in [0.05, 0.1) is 11.8 Å². The molecule has 248 valence electrons. The second kappa shape index (κ2) is 16.3. The van der Waals surface area contributed by atoms with E-state index in [1.807, 2.05) is 84.9 Å². The van der Waals surface area contributed by atoms with Gasteiger partial charge in [-0.2, -0.15) is 0 Å². The third-order valence-electron chi connectivity index (χ3n) is 8.09. The third-order valence-corrected chi connectivity index (χ3v) is 8.09. The average molecular weight is 651 g/mol. The first kappa shape index (κ1) is 33.7. The van der Waals surface area contributed by atoms with E-state index in [4.69, 9.17) is 18.9 Å². The van der Waals surface area contributed by atoms with E-state index in [1.54, 1.807) is 38.1 Å². The van der Waals surface area contributed by atoms with Crippen LogP contribution in [0.1, 0.15) is 37.8 Å². The van der Waals surface area contributed by atoms with Crippen molar-refractivity contribution in [3.05, 3.63) is 120 Å². The quantitative estimate of drug-likeness (QED) is 0.112. The van der Waals surface area contributed by atoms with E-state index in [2.05, 4.69) is 0 Å². The normalized spacial score (nSPS) is 15.0. The van der Waals surface area contributed by atoms with Gasteiger partial charge in [0.25, 0.3) is 0 Å². The Morgan fingerprint density at radius 3 is 1.17 bits per heavy atom. The zero-order valence-corrected chi connectivity index (χ0v) is 27.0. The summed E-state index contributed by atoms with van der Waals surface area (Å²) in [4.78, 5) is 54.3. The average Bonchev–Trinajstić information content (AvgIpc) is 3.07. The molecule has 1 aliphatic rings. The van der Waals surface area contributed by atoms with Crippen LogP contribution >= 0.6 is 0 Å². The van der Waals surface area contributed by atoms with Crippen LogP contribution in [0.15, 0.2) is 109 Å². The predicted octanol–water partition coefficient (Wildman–Crippen LogP) is 7.97. The molecule has 4 aromatic carbocycles. The first-order valence-electron chi connectivity index (χ1n) is 16.0. The summed E-state index contributed by atoms with van der Waals surface area (Å²) >= 11 is 0. The summed E-state index contributed by atoms with van der Waals surface area (Å²) in [6.07, 6.45) is -0.910. The summed E-state index contributed by atoms with van der Waals surface area (Å²) in [5.74, 6) is -0.626. The molecule has 2 atom stereocenters. The van der Waals surface area contributed by atoms with Gasteiger partial charge >= 0.3 is 24.1 Å². The minimum atomic E-state index is -0.866. The van der Waals surface area contributed by atoms with E-state index in [-0.39, 0.29) is 13.1 Å². The van der Waals surface area contributed by atoms with Crippen LogP contribution in [0, 0.1) is 11.8 Å². The molecule has 2 amide bonds. The Hall–Kier alpha value is -5.64. The van der Waals surface area contributed by atoms with Crippen molar-refractivity contribution >= 4 is 24.1 Å². The lowest BCUT2D eigenvalue weighted by Crippen LogP contribution is -2.44. The molecule has 10 nitrogen and oxygen atoms in total. The van der Waals surface area contributed by atoms with Crippen LogP contribution in [0.2, 0.25) is 0 Å². The van der Waals surface area contributed by atoms with Crippen molar-refractivity contribution < 1.29 is 38.1 Å². The third kappa shape index (κ3) is 9.00. The highest BCUT2D eigenvalue weighted by Crippen LogP contribution is 2.36. The number of ether oxygens (including phenoxy) is 4. The fraction of sp³-hybridized carbons (Fsp3) is 0.263. The number of rotatable bonds is 12. The van der Waals surface area contributed by atoms with Crippen molar-refractivity contribution in [3.63, 3.8) is 0 Å². The molecule has 5 rings (SSSR count). The molecule has 10 heteroatoms. The number of esters is 2. The molecule has 1 saturated carbocycles. The Labute approximate surface area is 279 Å². The topological polar surface area (TPSA) is 112 Å². The van der Waals surface area contributed by atoms with Crippen LogP contribution in [0.5, 0.6) is 23.0 Å². The van der Waals surface area contributed by atoms with E-state index in [1.165, 1.54) is 9.80 Å². The largest absolute Gasteiger partial charge is 0.457 e. The molecule has 0 N–H and O–H groups in total. The predicted molar refractivity (Wildman–Crippen MR) is 177 cm³/mol. The van der Waals surface area contributed by atoms with Crippen molar-refractivity contribution in [1.29, 1.82) is 0 Å². The van der Waals surface area contributed by atoms with Gasteiger partial charge in [-0.15, -0.1) is 0 Å². The molecule has 0 radical (unpaired) electrons. The molecule has 0 aliphatic heterocycles. The monoisotopic (exact) mass is 650 g/mol. The molecule has 0 bridgehead atoms. The standard InChI is InChI=1S/C38H38N2O8/c1-3-39(25-27-15-19-31(20-16-27)45-29-11-7-5-8-12-29)37(43)47-35(41)33-23-24-34(33)36(42)48-38(44)40(4-2)26-28-17-21-32(22-18-28)46-30-13-9-6-10-14-30/h5-22,33-34H,3-4,23-26H2,1-2H3. The summed E-state index contributed by atoms with van der Waals surface area (Å²) in [6.45, 7) is 4.59. The van der Waals surface area contributed by atoms with Gasteiger partial charge in [-0.25, -0.2) is 9.59 Å². The van der Waals surface area contributed by atoms with Crippen LogP contribution < -0.4 is 9.47 Å². The highest BCUT2D eigenvalue weighted by atomic mass is 16.6. The van der Waals surface area contributed by atoms with Crippen LogP contribution in [-0.2, 0) is 32.2 Å². The molecule has 0 saturated heterocycles. The summed E-state index contributed by atoms with van der Waals surface area (Å²) in [7, 11) is 0. The van der Waals surface area contributed by atoms with Gasteiger partial charge in [-0.05, 0) is 86.3 Å². The molecular formula is C38H38N2O8. The van der Waals surface area contributed by atoms with E-state index >= 15 is 0 Å².